The molecule has 0 amide bonds. The van der Waals surface area contributed by atoms with Crippen LogP contribution in [-0.4, -0.2) is 29.6 Å². The quantitative estimate of drug-likeness (QED) is 0.438. The van der Waals surface area contributed by atoms with Gasteiger partial charge in [0.15, 0.2) is 0 Å². The lowest BCUT2D eigenvalue weighted by Gasteiger charge is -2.38. The fraction of sp³-hybridized carbons (Fsp3) is 0.333. The van der Waals surface area contributed by atoms with Crippen LogP contribution in [0.15, 0.2) is 72.8 Å². The molecular formula is C27H28ClF2NO. The smallest absolute Gasteiger partial charge is 0.123 e. The number of piperidine rings is 1. The number of hydrogen-bond acceptors (Lipinski definition) is 2. The maximum absolute atomic E-state index is 13.4. The highest BCUT2D eigenvalue weighted by molar-refractivity contribution is 6.30. The van der Waals surface area contributed by atoms with Gasteiger partial charge in [-0.15, -0.1) is 0 Å². The standard InChI is InChI=1S/C27H28ClF2NO/c28-23-9-7-22(8-10-23)27(32)15-18-31(19-16-27)17-1-2-26(20-3-11-24(29)12-4-20)21-5-13-25(30)14-6-21/h3-14,26,32H,1-2,15-19H2. The van der Waals surface area contributed by atoms with E-state index in [-0.39, 0.29) is 17.6 Å². The second kappa shape index (κ2) is 10.1. The lowest BCUT2D eigenvalue weighted by molar-refractivity contribution is -0.0261. The van der Waals surface area contributed by atoms with Crippen molar-refractivity contribution in [3.8, 4) is 0 Å². The first-order valence-electron chi connectivity index (χ1n) is 11.1. The Morgan fingerprint density at radius 3 is 1.81 bits per heavy atom. The van der Waals surface area contributed by atoms with Crippen molar-refractivity contribution in [3.63, 3.8) is 0 Å². The number of nitrogens with zero attached hydrogens (tertiary/aromatic N) is 1. The Kier molecular flexibility index (Phi) is 7.24. The summed E-state index contributed by atoms with van der Waals surface area (Å²) < 4.78 is 26.8. The van der Waals surface area contributed by atoms with E-state index in [9.17, 15) is 13.9 Å². The number of hydrogen-bond donors (Lipinski definition) is 1. The summed E-state index contributed by atoms with van der Waals surface area (Å²) in [6, 6.07) is 20.7. The third-order valence-electron chi connectivity index (χ3n) is 6.58. The van der Waals surface area contributed by atoms with E-state index < -0.39 is 5.60 Å². The zero-order chi connectivity index (χ0) is 22.6. The second-order valence-electron chi connectivity index (χ2n) is 8.68. The summed E-state index contributed by atoms with van der Waals surface area (Å²) in [6.45, 7) is 2.59. The molecule has 0 aliphatic carbocycles. The molecule has 0 saturated carbocycles. The highest BCUT2D eigenvalue weighted by Crippen LogP contribution is 2.34. The summed E-state index contributed by atoms with van der Waals surface area (Å²) in [6.07, 6.45) is 3.22. The molecule has 1 N–H and O–H groups in total. The van der Waals surface area contributed by atoms with Crippen molar-refractivity contribution in [1.82, 2.24) is 4.90 Å². The number of benzene rings is 3. The average Bonchev–Trinajstić information content (AvgIpc) is 2.80. The van der Waals surface area contributed by atoms with Gasteiger partial charge in [0.2, 0.25) is 0 Å². The lowest BCUT2D eigenvalue weighted by Crippen LogP contribution is -2.42. The topological polar surface area (TPSA) is 23.5 Å². The zero-order valence-corrected chi connectivity index (χ0v) is 18.7. The van der Waals surface area contributed by atoms with Gasteiger partial charge in [-0.05, 0) is 85.3 Å². The Balaban J connectivity index is 1.35. The van der Waals surface area contributed by atoms with E-state index in [4.69, 9.17) is 11.6 Å². The van der Waals surface area contributed by atoms with Gasteiger partial charge >= 0.3 is 0 Å². The Labute approximate surface area is 193 Å². The third kappa shape index (κ3) is 5.55. The summed E-state index contributed by atoms with van der Waals surface area (Å²) in [5.41, 5.74) is 2.20. The predicted molar refractivity (Wildman–Crippen MR) is 125 cm³/mol. The fourth-order valence-electron chi connectivity index (χ4n) is 4.63. The lowest BCUT2D eigenvalue weighted by atomic mass is 9.84. The molecule has 4 rings (SSSR count). The van der Waals surface area contributed by atoms with Crippen LogP contribution in [0.3, 0.4) is 0 Å². The molecule has 0 atom stereocenters. The summed E-state index contributed by atoms with van der Waals surface area (Å²) in [5, 5.41) is 11.7. The van der Waals surface area contributed by atoms with Gasteiger partial charge < -0.3 is 10.0 Å². The predicted octanol–water partition coefficient (Wildman–Crippen LogP) is 6.51. The van der Waals surface area contributed by atoms with Gasteiger partial charge in [0, 0.05) is 24.0 Å². The molecule has 1 fully saturated rings. The first kappa shape index (κ1) is 22.9. The highest BCUT2D eigenvalue weighted by Gasteiger charge is 2.33. The van der Waals surface area contributed by atoms with E-state index in [0.29, 0.717) is 17.9 Å². The fourth-order valence-corrected chi connectivity index (χ4v) is 4.76. The molecule has 1 heterocycles. The average molecular weight is 456 g/mol. The molecular weight excluding hydrogens is 428 g/mol. The number of rotatable bonds is 7. The molecule has 1 aliphatic heterocycles. The minimum Gasteiger partial charge on any atom is -0.385 e. The summed E-state index contributed by atoms with van der Waals surface area (Å²) >= 11 is 5.98. The monoisotopic (exact) mass is 455 g/mol. The van der Waals surface area contributed by atoms with Gasteiger partial charge in [-0.1, -0.05) is 48.0 Å². The molecule has 168 valence electrons. The van der Waals surface area contributed by atoms with Crippen LogP contribution in [0.5, 0.6) is 0 Å². The SMILES string of the molecule is OC1(c2ccc(Cl)cc2)CCN(CCCC(c2ccc(F)cc2)c2ccc(F)cc2)CC1. The molecule has 0 radical (unpaired) electrons. The summed E-state index contributed by atoms with van der Waals surface area (Å²) in [7, 11) is 0. The van der Waals surface area contributed by atoms with Crippen LogP contribution in [0.2, 0.25) is 5.02 Å². The van der Waals surface area contributed by atoms with Crippen molar-refractivity contribution in [2.24, 2.45) is 0 Å². The minimum atomic E-state index is -0.800. The van der Waals surface area contributed by atoms with Gasteiger partial charge in [-0.2, -0.15) is 0 Å². The third-order valence-corrected chi connectivity index (χ3v) is 6.83. The molecule has 5 heteroatoms. The summed E-state index contributed by atoms with van der Waals surface area (Å²) in [4.78, 5) is 2.39. The van der Waals surface area contributed by atoms with Crippen molar-refractivity contribution >= 4 is 11.6 Å². The van der Waals surface area contributed by atoms with Crippen LogP contribution in [0, 0.1) is 11.6 Å². The summed E-state index contributed by atoms with van der Waals surface area (Å²) in [5.74, 6) is -0.423. The van der Waals surface area contributed by atoms with E-state index in [2.05, 4.69) is 4.90 Å². The van der Waals surface area contributed by atoms with Crippen LogP contribution in [0.25, 0.3) is 0 Å². The van der Waals surface area contributed by atoms with Gasteiger partial charge in [-0.3, -0.25) is 0 Å². The van der Waals surface area contributed by atoms with Crippen molar-refractivity contribution in [2.45, 2.75) is 37.2 Å². The molecule has 3 aromatic carbocycles. The van der Waals surface area contributed by atoms with E-state index in [0.717, 1.165) is 49.2 Å². The van der Waals surface area contributed by atoms with Crippen molar-refractivity contribution in [2.75, 3.05) is 19.6 Å². The maximum atomic E-state index is 13.4. The second-order valence-corrected chi connectivity index (χ2v) is 9.11. The molecule has 0 spiro atoms. The molecule has 1 saturated heterocycles. The number of halogens is 3. The number of likely N-dealkylation sites (tertiary alicyclic amines) is 1. The molecule has 1 aliphatic rings. The van der Waals surface area contributed by atoms with Crippen LogP contribution >= 0.6 is 11.6 Å². The first-order chi connectivity index (χ1) is 15.4. The molecule has 0 aromatic heterocycles. The normalized spacial score (nSPS) is 16.4. The Morgan fingerprint density at radius 2 is 1.31 bits per heavy atom. The first-order valence-corrected chi connectivity index (χ1v) is 11.5. The zero-order valence-electron chi connectivity index (χ0n) is 18.0. The maximum Gasteiger partial charge on any atom is 0.123 e. The minimum absolute atomic E-state index is 0.0898. The van der Waals surface area contributed by atoms with Crippen molar-refractivity contribution < 1.29 is 13.9 Å². The van der Waals surface area contributed by atoms with Gasteiger partial charge in [0.25, 0.3) is 0 Å². The Hall–Kier alpha value is -2.27. The van der Waals surface area contributed by atoms with Crippen LogP contribution in [0.1, 0.15) is 48.3 Å². The highest BCUT2D eigenvalue weighted by atomic mass is 35.5. The van der Waals surface area contributed by atoms with Crippen LogP contribution < -0.4 is 0 Å². The molecule has 0 bridgehead atoms. The largest absolute Gasteiger partial charge is 0.385 e. The van der Waals surface area contributed by atoms with Crippen LogP contribution in [0.4, 0.5) is 8.78 Å². The number of aliphatic hydroxyl groups is 1. The van der Waals surface area contributed by atoms with Gasteiger partial charge in [-0.25, -0.2) is 8.78 Å². The van der Waals surface area contributed by atoms with E-state index in [1.165, 1.54) is 24.3 Å². The van der Waals surface area contributed by atoms with Crippen molar-refractivity contribution in [3.05, 3.63) is 106 Å². The Morgan fingerprint density at radius 1 is 0.812 bits per heavy atom. The molecule has 2 nitrogen and oxygen atoms in total. The van der Waals surface area contributed by atoms with Crippen LogP contribution in [-0.2, 0) is 5.60 Å². The van der Waals surface area contributed by atoms with Gasteiger partial charge in [0.05, 0.1) is 5.60 Å². The van der Waals surface area contributed by atoms with Crippen molar-refractivity contribution in [1.29, 1.82) is 0 Å². The van der Waals surface area contributed by atoms with E-state index >= 15 is 0 Å². The van der Waals surface area contributed by atoms with E-state index in [1.54, 1.807) is 0 Å². The van der Waals surface area contributed by atoms with Gasteiger partial charge in [0.1, 0.15) is 11.6 Å². The Bertz CT molecular complexity index is 952. The van der Waals surface area contributed by atoms with E-state index in [1.807, 2.05) is 48.5 Å². The molecule has 32 heavy (non-hydrogen) atoms. The molecule has 0 unspecified atom stereocenters. The molecule has 3 aromatic rings.